The van der Waals surface area contributed by atoms with Gasteiger partial charge in [0.2, 0.25) is 0 Å². The van der Waals surface area contributed by atoms with Crippen LogP contribution in [0.4, 0.5) is 0 Å². The third-order valence-electron chi connectivity index (χ3n) is 2.05. The van der Waals surface area contributed by atoms with Crippen LogP contribution in [0.5, 0.6) is 0 Å². The van der Waals surface area contributed by atoms with Crippen molar-refractivity contribution in [2.24, 2.45) is 0 Å². The highest BCUT2D eigenvalue weighted by molar-refractivity contribution is 7.81. The summed E-state index contributed by atoms with van der Waals surface area (Å²) >= 11 is 5.01. The van der Waals surface area contributed by atoms with Gasteiger partial charge in [0.05, 0.1) is 0 Å². The summed E-state index contributed by atoms with van der Waals surface area (Å²) in [5, 5.41) is 17.7. The molecule has 2 aromatic rings. The molecule has 4 N–H and O–H groups in total. The Balaban J connectivity index is 2.47. The highest BCUT2D eigenvalue weighted by Crippen LogP contribution is 2.10. The fraction of sp³-hybridized carbons (Fsp3) is 0. The summed E-state index contributed by atoms with van der Waals surface area (Å²) in [5.74, 6) is -2.60. The van der Waals surface area contributed by atoms with E-state index in [0.29, 0.717) is 5.82 Å². The highest BCUT2D eigenvalue weighted by Gasteiger charge is 2.24. The molecule has 0 aliphatic rings. The number of nitrogens with zero attached hydrogens (tertiary/aromatic N) is 2. The lowest BCUT2D eigenvalue weighted by molar-refractivity contribution is 0.0644. The van der Waals surface area contributed by atoms with Gasteiger partial charge in [-0.15, -0.1) is 0 Å². The van der Waals surface area contributed by atoms with Crippen molar-refractivity contribution in [2.75, 3.05) is 0 Å². The monoisotopic (exact) mass is 266 g/mol. The van der Waals surface area contributed by atoms with Gasteiger partial charge in [-0.25, -0.2) is 19.6 Å². The SMILES string of the molecule is O=C(O)c1nc(C(=S)c2ncc[nH]2)[nH]c1C(=O)O. The molecule has 0 saturated heterocycles. The van der Waals surface area contributed by atoms with Crippen LogP contribution < -0.4 is 0 Å². The molecule has 0 bridgehead atoms. The van der Waals surface area contributed by atoms with Crippen LogP contribution in [0.15, 0.2) is 12.4 Å². The molecular weight excluding hydrogens is 260 g/mol. The van der Waals surface area contributed by atoms with Crippen LogP contribution in [0.2, 0.25) is 0 Å². The van der Waals surface area contributed by atoms with Gasteiger partial charge in [0.25, 0.3) is 0 Å². The second-order valence-electron chi connectivity index (χ2n) is 3.19. The van der Waals surface area contributed by atoms with Crippen LogP contribution in [0.1, 0.15) is 32.6 Å². The Hall–Kier alpha value is -2.55. The summed E-state index contributed by atoms with van der Waals surface area (Å²) in [4.78, 5) is 34.4. The zero-order valence-corrected chi connectivity index (χ0v) is 9.48. The van der Waals surface area contributed by atoms with E-state index in [-0.39, 0.29) is 10.7 Å². The number of thiocarbonyl (C=S) groups is 1. The normalized spacial score (nSPS) is 10.2. The molecule has 2 aromatic heterocycles. The molecule has 2 rings (SSSR count). The Morgan fingerprint density at radius 3 is 2.39 bits per heavy atom. The van der Waals surface area contributed by atoms with E-state index in [1.165, 1.54) is 12.4 Å². The number of carbonyl (C=O) groups is 2. The number of aromatic amines is 2. The van der Waals surface area contributed by atoms with Crippen molar-refractivity contribution in [3.8, 4) is 0 Å². The van der Waals surface area contributed by atoms with E-state index < -0.39 is 23.3 Å². The topological polar surface area (TPSA) is 132 Å². The smallest absolute Gasteiger partial charge is 0.357 e. The zero-order chi connectivity index (χ0) is 13.3. The Bertz CT molecular complexity index is 600. The standard InChI is InChI=1S/C9H6N4O4S/c14-8(15)3-4(9(16)17)13-7(12-3)5(18)6-10-1-2-11-6/h1-2H,(H,10,11)(H,12,13)(H,14,15)(H,16,17). The number of carboxylic acids is 2. The van der Waals surface area contributed by atoms with Crippen molar-refractivity contribution in [1.82, 2.24) is 19.9 Å². The first-order valence-corrected chi connectivity index (χ1v) is 5.02. The van der Waals surface area contributed by atoms with Gasteiger partial charge >= 0.3 is 11.9 Å². The minimum Gasteiger partial charge on any atom is -0.477 e. The van der Waals surface area contributed by atoms with E-state index in [1.807, 2.05) is 0 Å². The maximum Gasteiger partial charge on any atom is 0.357 e. The van der Waals surface area contributed by atoms with Crippen molar-refractivity contribution in [3.05, 3.63) is 35.4 Å². The van der Waals surface area contributed by atoms with E-state index in [4.69, 9.17) is 22.4 Å². The molecule has 0 unspecified atom stereocenters. The number of hydrogen-bond donors (Lipinski definition) is 4. The molecular formula is C9H6N4O4S. The van der Waals surface area contributed by atoms with E-state index in [9.17, 15) is 9.59 Å². The Kier molecular flexibility index (Phi) is 2.90. The lowest BCUT2D eigenvalue weighted by Gasteiger charge is -1.93. The summed E-state index contributed by atoms with van der Waals surface area (Å²) in [5.41, 5.74) is -1.11. The van der Waals surface area contributed by atoms with Crippen molar-refractivity contribution in [2.45, 2.75) is 0 Å². The summed E-state index contributed by atoms with van der Waals surface area (Å²) in [6.45, 7) is 0. The largest absolute Gasteiger partial charge is 0.477 e. The van der Waals surface area contributed by atoms with Gasteiger partial charge in [-0.1, -0.05) is 12.2 Å². The molecule has 0 atom stereocenters. The predicted octanol–water partition coefficient (Wildman–Crippen LogP) is 0.295. The fourth-order valence-corrected chi connectivity index (χ4v) is 1.50. The molecule has 0 aliphatic heterocycles. The van der Waals surface area contributed by atoms with Gasteiger partial charge in [-0.2, -0.15) is 0 Å². The molecule has 2 heterocycles. The molecule has 0 aliphatic carbocycles. The quantitative estimate of drug-likeness (QED) is 0.462. The van der Waals surface area contributed by atoms with E-state index >= 15 is 0 Å². The second-order valence-corrected chi connectivity index (χ2v) is 3.59. The Morgan fingerprint density at radius 2 is 1.94 bits per heavy atom. The Labute approximate surface area is 105 Å². The molecule has 0 aromatic carbocycles. The third kappa shape index (κ3) is 1.98. The van der Waals surface area contributed by atoms with Crippen molar-refractivity contribution < 1.29 is 19.8 Å². The minimum atomic E-state index is -1.45. The number of H-pyrrole nitrogens is 2. The van der Waals surface area contributed by atoms with E-state index in [2.05, 4.69) is 19.9 Å². The number of nitrogens with one attached hydrogen (secondary N) is 2. The second kappa shape index (κ2) is 4.37. The van der Waals surface area contributed by atoms with Gasteiger partial charge in [-0.3, -0.25) is 0 Å². The molecule has 18 heavy (non-hydrogen) atoms. The molecule has 8 nitrogen and oxygen atoms in total. The summed E-state index contributed by atoms with van der Waals surface area (Å²) in [6, 6.07) is 0. The van der Waals surface area contributed by atoms with Crippen LogP contribution in [0, 0.1) is 0 Å². The summed E-state index contributed by atoms with van der Waals surface area (Å²) < 4.78 is 0. The molecule has 9 heteroatoms. The first-order chi connectivity index (χ1) is 8.50. The van der Waals surface area contributed by atoms with Crippen molar-refractivity contribution in [3.63, 3.8) is 0 Å². The minimum absolute atomic E-state index is 0.0326. The third-order valence-corrected chi connectivity index (χ3v) is 2.44. The lowest BCUT2D eigenvalue weighted by atomic mass is 10.3. The van der Waals surface area contributed by atoms with Gasteiger partial charge in [-0.05, 0) is 0 Å². The molecule has 0 spiro atoms. The number of rotatable bonds is 4. The lowest BCUT2D eigenvalue weighted by Crippen LogP contribution is -2.07. The van der Waals surface area contributed by atoms with Crippen LogP contribution in [0.25, 0.3) is 0 Å². The van der Waals surface area contributed by atoms with Crippen molar-refractivity contribution in [1.29, 1.82) is 0 Å². The predicted molar refractivity (Wildman–Crippen MR) is 61.9 cm³/mol. The summed E-state index contributed by atoms with van der Waals surface area (Å²) in [7, 11) is 0. The van der Waals surface area contributed by atoms with Crippen LogP contribution in [0.3, 0.4) is 0 Å². The highest BCUT2D eigenvalue weighted by atomic mass is 32.1. The Morgan fingerprint density at radius 1 is 1.22 bits per heavy atom. The van der Waals surface area contributed by atoms with Crippen LogP contribution in [-0.2, 0) is 0 Å². The van der Waals surface area contributed by atoms with Gasteiger partial charge < -0.3 is 20.2 Å². The average Bonchev–Trinajstić information content (AvgIpc) is 2.97. The number of hydrogen-bond acceptors (Lipinski definition) is 5. The first-order valence-electron chi connectivity index (χ1n) is 4.61. The number of carboxylic acid groups (broad SMARTS) is 2. The van der Waals surface area contributed by atoms with Crippen molar-refractivity contribution >= 4 is 29.0 Å². The maximum absolute atomic E-state index is 10.8. The van der Waals surface area contributed by atoms with Crippen LogP contribution in [-0.4, -0.2) is 47.0 Å². The van der Waals surface area contributed by atoms with Gasteiger partial charge in [0.1, 0.15) is 4.86 Å². The maximum atomic E-state index is 10.8. The van der Waals surface area contributed by atoms with Crippen LogP contribution >= 0.6 is 12.2 Å². The number of imidazole rings is 2. The molecule has 0 radical (unpaired) electrons. The molecule has 0 fully saturated rings. The number of aromatic nitrogens is 4. The molecule has 0 amide bonds. The number of aromatic carboxylic acids is 2. The van der Waals surface area contributed by atoms with E-state index in [1.54, 1.807) is 0 Å². The fourth-order valence-electron chi connectivity index (χ4n) is 1.29. The zero-order valence-electron chi connectivity index (χ0n) is 8.67. The molecule has 92 valence electrons. The molecule has 0 saturated carbocycles. The van der Waals surface area contributed by atoms with Gasteiger partial charge in [0, 0.05) is 12.4 Å². The summed E-state index contributed by atoms with van der Waals surface area (Å²) in [6.07, 6.45) is 2.99. The van der Waals surface area contributed by atoms with Gasteiger partial charge in [0.15, 0.2) is 23.0 Å². The van der Waals surface area contributed by atoms with E-state index in [0.717, 1.165) is 0 Å². The first kappa shape index (κ1) is 11.9. The average molecular weight is 266 g/mol.